The Morgan fingerprint density at radius 2 is 2.03 bits per heavy atom. The third-order valence-electron chi connectivity index (χ3n) is 5.87. The van der Waals surface area contributed by atoms with Crippen LogP contribution in [0.1, 0.15) is 39.3 Å². The number of hydrogen-bond donors (Lipinski definition) is 1. The van der Waals surface area contributed by atoms with Crippen molar-refractivity contribution in [2.45, 2.75) is 45.4 Å². The van der Waals surface area contributed by atoms with Crippen LogP contribution in [0.4, 0.5) is 0 Å². The van der Waals surface area contributed by atoms with Crippen molar-refractivity contribution in [3.05, 3.63) is 18.0 Å². The molecule has 0 saturated carbocycles. The molecule has 2 fully saturated rings. The third kappa shape index (κ3) is 7.57. The molecule has 2 aliphatic heterocycles. The summed E-state index contributed by atoms with van der Waals surface area (Å²) in [5, 5.41) is 7.11. The maximum absolute atomic E-state index is 12.6. The second-order valence-corrected chi connectivity index (χ2v) is 10.4. The Bertz CT molecular complexity index is 779. The lowest BCUT2D eigenvalue weighted by Crippen LogP contribution is -2.54. The predicted octanol–water partition coefficient (Wildman–Crippen LogP) is 1.83. The van der Waals surface area contributed by atoms with Gasteiger partial charge in [-0.25, -0.2) is 8.42 Å². The number of hydrogen-bond acceptors (Lipinski definition) is 6. The third-order valence-corrected chi connectivity index (χ3v) is 7.68. The zero-order chi connectivity index (χ0) is 21.6. The SMILES string of the molecule is CCNC(=NCC1CCCN(C(C)C)C1)N1CCN(S(=O)(=O)Cc2ccon2)CC1.I. The summed E-state index contributed by atoms with van der Waals surface area (Å²) in [5.41, 5.74) is 0.440. The second-order valence-electron chi connectivity index (χ2n) is 8.42. The van der Waals surface area contributed by atoms with Crippen molar-refractivity contribution >= 4 is 40.0 Å². The van der Waals surface area contributed by atoms with E-state index in [0.29, 0.717) is 43.8 Å². The maximum Gasteiger partial charge on any atom is 0.220 e. The number of aromatic nitrogens is 1. The minimum absolute atomic E-state index is 0. The van der Waals surface area contributed by atoms with Crippen LogP contribution in [-0.2, 0) is 15.8 Å². The van der Waals surface area contributed by atoms with Crippen LogP contribution >= 0.6 is 24.0 Å². The Morgan fingerprint density at radius 1 is 1.29 bits per heavy atom. The summed E-state index contributed by atoms with van der Waals surface area (Å²) in [5.74, 6) is 1.36. The lowest BCUT2D eigenvalue weighted by molar-refractivity contribution is 0.143. The van der Waals surface area contributed by atoms with Gasteiger partial charge in [0.1, 0.15) is 12.0 Å². The van der Waals surface area contributed by atoms with Crippen LogP contribution in [0.2, 0.25) is 0 Å². The van der Waals surface area contributed by atoms with Crippen molar-refractivity contribution in [1.29, 1.82) is 0 Å². The highest BCUT2D eigenvalue weighted by atomic mass is 127. The molecule has 1 N–H and O–H groups in total. The maximum atomic E-state index is 12.6. The molecule has 0 radical (unpaired) electrons. The van der Waals surface area contributed by atoms with Gasteiger partial charge in [-0.05, 0) is 46.1 Å². The van der Waals surface area contributed by atoms with Gasteiger partial charge in [-0.3, -0.25) is 4.99 Å². The summed E-state index contributed by atoms with van der Waals surface area (Å²) in [7, 11) is -3.39. The molecule has 2 aliphatic rings. The second kappa shape index (κ2) is 12.4. The number of halogens is 1. The Labute approximate surface area is 203 Å². The Balaban J connectivity index is 0.00000341. The molecule has 11 heteroatoms. The molecule has 1 aromatic rings. The first kappa shape index (κ1) is 26.3. The highest BCUT2D eigenvalue weighted by molar-refractivity contribution is 14.0. The van der Waals surface area contributed by atoms with Crippen molar-refractivity contribution in [2.75, 3.05) is 52.4 Å². The Hall–Kier alpha value is -0.920. The fraction of sp³-hybridized carbons (Fsp3) is 0.800. The van der Waals surface area contributed by atoms with Crippen LogP contribution in [0.5, 0.6) is 0 Å². The van der Waals surface area contributed by atoms with Gasteiger partial charge in [-0.2, -0.15) is 4.31 Å². The summed E-state index contributed by atoms with van der Waals surface area (Å²) < 4.78 is 31.6. The zero-order valence-corrected chi connectivity index (χ0v) is 22.0. The molecule has 31 heavy (non-hydrogen) atoms. The number of sulfonamides is 1. The average molecular weight is 569 g/mol. The number of guanidine groups is 1. The van der Waals surface area contributed by atoms with Gasteiger partial charge < -0.3 is 19.6 Å². The molecule has 0 spiro atoms. The summed E-state index contributed by atoms with van der Waals surface area (Å²) in [6, 6.07) is 2.17. The molecule has 1 unspecified atom stereocenters. The summed E-state index contributed by atoms with van der Waals surface area (Å²) >= 11 is 0. The molecule has 3 heterocycles. The standard InChI is InChI=1S/C20H36N6O3S.HI/c1-4-21-20(22-14-18-6-5-8-25(15-18)17(2)3)24-9-11-26(12-10-24)30(27,28)16-19-7-13-29-23-19;/h7,13,17-18H,4-6,8-12,14-16H2,1-3H3,(H,21,22);1H. The van der Waals surface area contributed by atoms with E-state index in [1.165, 1.54) is 25.6 Å². The predicted molar refractivity (Wildman–Crippen MR) is 133 cm³/mol. The van der Waals surface area contributed by atoms with Crippen LogP contribution in [0.15, 0.2) is 21.8 Å². The molecule has 178 valence electrons. The first-order valence-corrected chi connectivity index (χ1v) is 12.6. The first-order chi connectivity index (χ1) is 14.4. The van der Waals surface area contributed by atoms with E-state index in [2.05, 4.69) is 41.0 Å². The zero-order valence-electron chi connectivity index (χ0n) is 18.9. The van der Waals surface area contributed by atoms with Gasteiger partial charge in [0.25, 0.3) is 0 Å². The van der Waals surface area contributed by atoms with Gasteiger partial charge in [0, 0.05) is 57.9 Å². The molecule has 1 aromatic heterocycles. The van der Waals surface area contributed by atoms with Gasteiger partial charge in [-0.1, -0.05) is 5.16 Å². The molecule has 3 rings (SSSR count). The number of piperidine rings is 1. The van der Waals surface area contributed by atoms with E-state index < -0.39 is 10.0 Å². The normalized spacial score (nSPS) is 21.9. The first-order valence-electron chi connectivity index (χ1n) is 11.0. The van der Waals surface area contributed by atoms with Crippen LogP contribution in [0, 0.1) is 5.92 Å². The van der Waals surface area contributed by atoms with Crippen molar-refractivity contribution in [3.63, 3.8) is 0 Å². The van der Waals surface area contributed by atoms with E-state index >= 15 is 0 Å². The van der Waals surface area contributed by atoms with Gasteiger partial charge in [0.2, 0.25) is 10.0 Å². The van der Waals surface area contributed by atoms with Crippen molar-refractivity contribution < 1.29 is 12.9 Å². The van der Waals surface area contributed by atoms with Crippen molar-refractivity contribution in [1.82, 2.24) is 24.6 Å². The van der Waals surface area contributed by atoms with Gasteiger partial charge >= 0.3 is 0 Å². The van der Waals surface area contributed by atoms with Crippen LogP contribution < -0.4 is 5.32 Å². The molecular formula is C20H37IN6O3S. The largest absolute Gasteiger partial charge is 0.364 e. The lowest BCUT2D eigenvalue weighted by Gasteiger charge is -2.37. The van der Waals surface area contributed by atoms with E-state index in [1.54, 1.807) is 10.4 Å². The topological polar surface area (TPSA) is 94.3 Å². The number of rotatable bonds is 7. The van der Waals surface area contributed by atoms with E-state index in [0.717, 1.165) is 25.6 Å². The molecule has 0 aromatic carbocycles. The van der Waals surface area contributed by atoms with Crippen LogP contribution in [0.25, 0.3) is 0 Å². The molecule has 0 amide bonds. The Kier molecular flexibility index (Phi) is 10.5. The average Bonchev–Trinajstić information content (AvgIpc) is 3.24. The van der Waals surface area contributed by atoms with Gasteiger partial charge in [0.15, 0.2) is 5.96 Å². The molecular weight excluding hydrogens is 531 g/mol. The summed E-state index contributed by atoms with van der Waals surface area (Å²) in [6.07, 6.45) is 3.85. The van der Waals surface area contributed by atoms with E-state index in [9.17, 15) is 8.42 Å². The Morgan fingerprint density at radius 3 is 2.65 bits per heavy atom. The molecule has 9 nitrogen and oxygen atoms in total. The van der Waals surface area contributed by atoms with Crippen LogP contribution in [0.3, 0.4) is 0 Å². The molecule has 1 atom stereocenters. The molecule has 2 saturated heterocycles. The van der Waals surface area contributed by atoms with Crippen LogP contribution in [-0.4, -0.2) is 92.0 Å². The number of nitrogens with one attached hydrogen (secondary N) is 1. The number of likely N-dealkylation sites (tertiary alicyclic amines) is 1. The van der Waals surface area contributed by atoms with E-state index in [1.807, 2.05) is 0 Å². The van der Waals surface area contributed by atoms with Gasteiger partial charge in [-0.15, -0.1) is 24.0 Å². The summed E-state index contributed by atoms with van der Waals surface area (Å²) in [6.45, 7) is 12.6. The number of aliphatic imine (C=N–C) groups is 1. The fourth-order valence-electron chi connectivity index (χ4n) is 4.12. The van der Waals surface area contributed by atoms with E-state index in [-0.39, 0.29) is 29.7 Å². The van der Waals surface area contributed by atoms with Crippen molar-refractivity contribution in [3.8, 4) is 0 Å². The molecule has 0 bridgehead atoms. The monoisotopic (exact) mass is 568 g/mol. The number of nitrogens with zero attached hydrogens (tertiary/aromatic N) is 5. The molecule has 0 aliphatic carbocycles. The highest BCUT2D eigenvalue weighted by Crippen LogP contribution is 2.19. The lowest BCUT2D eigenvalue weighted by atomic mass is 9.97. The van der Waals surface area contributed by atoms with Gasteiger partial charge in [0.05, 0.1) is 5.69 Å². The van der Waals surface area contributed by atoms with E-state index in [4.69, 9.17) is 9.52 Å². The minimum Gasteiger partial charge on any atom is -0.364 e. The highest BCUT2D eigenvalue weighted by Gasteiger charge is 2.29. The fourth-order valence-corrected chi connectivity index (χ4v) is 5.55. The minimum atomic E-state index is -3.39. The number of piperazine rings is 1. The smallest absolute Gasteiger partial charge is 0.220 e. The van der Waals surface area contributed by atoms with Crippen molar-refractivity contribution in [2.24, 2.45) is 10.9 Å². The summed E-state index contributed by atoms with van der Waals surface area (Å²) in [4.78, 5) is 9.63. The quantitative estimate of drug-likeness (QED) is 0.305.